The first-order valence-electron chi connectivity index (χ1n) is 25.7. The number of benzene rings is 5. The number of para-hydroxylation sites is 2. The fourth-order valence-electron chi connectivity index (χ4n) is 10.5. The summed E-state index contributed by atoms with van der Waals surface area (Å²) in [7, 11) is 5.04. The van der Waals surface area contributed by atoms with Gasteiger partial charge in [-0.3, -0.25) is 23.4 Å². The van der Waals surface area contributed by atoms with E-state index in [0.717, 1.165) is 48.1 Å². The fourth-order valence-corrected chi connectivity index (χ4v) is 14.3. The molecule has 0 fully saturated rings. The normalized spacial score (nSPS) is 16.9. The van der Waals surface area contributed by atoms with Gasteiger partial charge in [0, 0.05) is 66.3 Å². The van der Waals surface area contributed by atoms with Gasteiger partial charge < -0.3 is 49.6 Å². The predicted octanol–water partition coefficient (Wildman–Crippen LogP) is 8.67. The van der Waals surface area contributed by atoms with Crippen molar-refractivity contribution in [2.45, 2.75) is 88.2 Å². The van der Waals surface area contributed by atoms with Gasteiger partial charge in [-0.05, 0) is 111 Å². The highest BCUT2D eigenvalue weighted by Crippen LogP contribution is 2.44. The van der Waals surface area contributed by atoms with Crippen LogP contribution in [0.25, 0.3) is 0 Å². The molecule has 0 saturated heterocycles. The van der Waals surface area contributed by atoms with Gasteiger partial charge in [-0.25, -0.2) is 0 Å². The van der Waals surface area contributed by atoms with Gasteiger partial charge in [-0.2, -0.15) is 8.42 Å². The summed E-state index contributed by atoms with van der Waals surface area (Å²) in [6, 6.07) is 28.7. The van der Waals surface area contributed by atoms with Crippen LogP contribution < -0.4 is 49.6 Å². The molecule has 20 heteroatoms. The fraction of sp³-hybridized carbons (Fsp3) is 0.404. The number of nitrogens with zero attached hydrogens (tertiary/aromatic N) is 3. The molecule has 3 N–H and O–H groups in total. The van der Waals surface area contributed by atoms with Crippen molar-refractivity contribution in [2.75, 3.05) is 85.6 Å². The maximum atomic E-state index is 14.3. The molecule has 4 aliphatic heterocycles. The molecular formula is C57H66N6O11S3. The van der Waals surface area contributed by atoms with Crippen LogP contribution >= 0.6 is 21.6 Å². The van der Waals surface area contributed by atoms with E-state index in [9.17, 15) is 27.6 Å². The molecule has 3 atom stereocenters. The van der Waals surface area contributed by atoms with Crippen LogP contribution in [0.1, 0.15) is 83.0 Å². The molecule has 3 amide bonds. The van der Waals surface area contributed by atoms with Crippen LogP contribution in [0.2, 0.25) is 0 Å². The van der Waals surface area contributed by atoms with Crippen molar-refractivity contribution in [3.8, 4) is 23.0 Å². The number of anilines is 5. The molecule has 408 valence electrons. The Bertz CT molecular complexity index is 3170. The summed E-state index contributed by atoms with van der Waals surface area (Å²) in [6.45, 7) is 7.63. The van der Waals surface area contributed by atoms with Crippen LogP contribution in [0, 0.1) is 0 Å². The number of likely N-dealkylation sites (N-methyl/N-ethyl adjacent to an activating group) is 2. The smallest absolute Gasteiger partial charge is 0.277 e. The molecule has 0 spiro atoms. The van der Waals surface area contributed by atoms with Gasteiger partial charge in [-0.15, -0.1) is 0 Å². The van der Waals surface area contributed by atoms with Gasteiger partial charge in [0.1, 0.15) is 18.5 Å². The first kappa shape index (κ1) is 55.3. The quantitative estimate of drug-likeness (QED) is 0.0319. The summed E-state index contributed by atoms with van der Waals surface area (Å²) in [5, 5.41) is 8.21. The molecule has 17 nitrogen and oxygen atoms in total. The van der Waals surface area contributed by atoms with Crippen LogP contribution in [0.15, 0.2) is 91.0 Å². The van der Waals surface area contributed by atoms with Crippen molar-refractivity contribution in [3.63, 3.8) is 0 Å². The second-order valence-electron chi connectivity index (χ2n) is 20.2. The highest BCUT2D eigenvalue weighted by molar-refractivity contribution is 8.77. The maximum absolute atomic E-state index is 14.3. The number of Topliss-reactive ketones (excluding diaryl/α,β-unsaturated/α-hetero) is 1. The van der Waals surface area contributed by atoms with Crippen molar-refractivity contribution < 1.29 is 50.7 Å². The molecule has 1 unspecified atom stereocenters. The molecule has 9 rings (SSSR count). The van der Waals surface area contributed by atoms with E-state index in [2.05, 4.69) is 33.0 Å². The number of nitrogens with one attached hydrogen (secondary N) is 3. The van der Waals surface area contributed by atoms with Gasteiger partial charge in [0.25, 0.3) is 21.9 Å². The van der Waals surface area contributed by atoms with Crippen LogP contribution in [0.4, 0.5) is 28.4 Å². The molecule has 4 heterocycles. The largest absolute Gasteiger partial charge is 0.493 e. The standard InChI is InChI=1S/C57H66N6O11S3/c1-8-58-31-48(64)53(77(68,69)72-7)18-20-75-76-57(2,3)19-17-54(65)60-39-22-35(33-73-51-28-44-42(26-49(51)70-5)55(66)62-40(30-59-44)24-37-13-9-11-15-45(37)62)21-36(23-39)34-74-52-29-47-43(27-50(52)71-6)56(67)63-41(32-61(47)4)25-38-14-10-12-16-46(38)63/h9-16,21-23,26-29,40-41,53,58-59H,8,17-20,24-25,30-34H2,1-7H3,(H,60,65)/t40-,41-,53?/m0/s1. The first-order valence-corrected chi connectivity index (χ1v) is 29.5. The van der Waals surface area contributed by atoms with Crippen LogP contribution in [-0.2, 0) is 49.9 Å². The number of carbonyl (C=O) groups is 4. The van der Waals surface area contributed by atoms with Gasteiger partial charge in [-0.1, -0.05) is 64.9 Å². The maximum Gasteiger partial charge on any atom is 0.277 e. The molecule has 0 bridgehead atoms. The molecular weight excluding hydrogens is 1040 g/mol. The minimum absolute atomic E-state index is 0.0334. The second kappa shape index (κ2) is 23.7. The first-order chi connectivity index (χ1) is 37.0. The second-order valence-corrected chi connectivity index (χ2v) is 25.2. The number of amides is 3. The number of methoxy groups -OCH3 is 2. The van der Waals surface area contributed by atoms with E-state index in [4.69, 9.17) is 23.1 Å². The lowest BCUT2D eigenvalue weighted by molar-refractivity contribution is -0.118. The lowest BCUT2D eigenvalue weighted by Gasteiger charge is -2.25. The van der Waals surface area contributed by atoms with Crippen molar-refractivity contribution in [1.29, 1.82) is 0 Å². The summed E-state index contributed by atoms with van der Waals surface area (Å²) in [6.07, 6.45) is 2.27. The van der Waals surface area contributed by atoms with Crippen LogP contribution in [0.3, 0.4) is 0 Å². The lowest BCUT2D eigenvalue weighted by Crippen LogP contribution is -2.41. The lowest BCUT2D eigenvalue weighted by atomic mass is 10.1. The molecule has 0 aromatic heterocycles. The highest BCUT2D eigenvalue weighted by atomic mass is 33.1. The number of hydrogen-bond acceptors (Lipinski definition) is 16. The number of ether oxygens (including phenoxy) is 4. The Morgan fingerprint density at radius 2 is 1.38 bits per heavy atom. The third kappa shape index (κ3) is 12.2. The Balaban J connectivity index is 0.922. The van der Waals surface area contributed by atoms with E-state index >= 15 is 0 Å². The number of carbonyl (C=O) groups excluding carboxylic acids is 4. The van der Waals surface area contributed by atoms with Crippen LogP contribution in [-0.4, -0.2) is 114 Å². The number of rotatable bonds is 23. The van der Waals surface area contributed by atoms with Crippen LogP contribution in [0.5, 0.6) is 23.0 Å². The zero-order valence-electron chi connectivity index (χ0n) is 44.4. The summed E-state index contributed by atoms with van der Waals surface area (Å²) in [5.41, 5.74) is 8.40. The third-order valence-electron chi connectivity index (χ3n) is 14.4. The molecule has 77 heavy (non-hydrogen) atoms. The van der Waals surface area contributed by atoms with Crippen molar-refractivity contribution in [1.82, 2.24) is 5.32 Å². The van der Waals surface area contributed by atoms with Crippen molar-refractivity contribution in [2.24, 2.45) is 0 Å². The molecule has 0 radical (unpaired) electrons. The number of fused-ring (bicyclic) bond motifs is 8. The van der Waals surface area contributed by atoms with Gasteiger partial charge in [0.05, 0.1) is 62.5 Å². The summed E-state index contributed by atoms with van der Waals surface area (Å²) in [5.74, 6) is 1.14. The Morgan fingerprint density at radius 1 is 0.779 bits per heavy atom. The topological polar surface area (TPSA) is 194 Å². The Morgan fingerprint density at radius 3 is 2.01 bits per heavy atom. The summed E-state index contributed by atoms with van der Waals surface area (Å²) in [4.78, 5) is 60.9. The minimum atomic E-state index is -4.06. The highest BCUT2D eigenvalue weighted by Gasteiger charge is 2.41. The van der Waals surface area contributed by atoms with E-state index < -0.39 is 21.2 Å². The zero-order chi connectivity index (χ0) is 54.6. The zero-order valence-corrected chi connectivity index (χ0v) is 46.9. The van der Waals surface area contributed by atoms with Gasteiger partial charge in [0.15, 0.2) is 28.8 Å². The monoisotopic (exact) mass is 1110 g/mol. The average Bonchev–Trinajstić information content (AvgIpc) is 4.03. The molecule has 4 aliphatic rings. The molecule has 0 aliphatic carbocycles. The number of hydrogen-bond donors (Lipinski definition) is 3. The van der Waals surface area contributed by atoms with E-state index in [0.29, 0.717) is 88.4 Å². The van der Waals surface area contributed by atoms with Gasteiger partial charge in [0.2, 0.25) is 5.91 Å². The summed E-state index contributed by atoms with van der Waals surface area (Å²) >= 11 is 0. The van der Waals surface area contributed by atoms with Crippen molar-refractivity contribution >= 4 is 83.6 Å². The molecule has 5 aromatic rings. The van der Waals surface area contributed by atoms with Crippen molar-refractivity contribution in [3.05, 3.63) is 124 Å². The minimum Gasteiger partial charge on any atom is -0.493 e. The Labute approximate surface area is 458 Å². The van der Waals surface area contributed by atoms with Gasteiger partial charge >= 0.3 is 0 Å². The Kier molecular flexibility index (Phi) is 17.0. The molecule has 5 aromatic carbocycles. The average molecular weight is 1110 g/mol. The van der Waals surface area contributed by atoms with E-state index in [1.54, 1.807) is 25.3 Å². The Hall–Kier alpha value is -6.45. The van der Waals surface area contributed by atoms with E-state index in [-0.39, 0.29) is 67.2 Å². The SMILES string of the molecule is CCNCC(=O)C(CCSSC(C)(C)CCC(=O)Nc1cc(COc2cc3c(cc2OC)C(=O)N2c4ccccc4C[C@H]2CN3)cc(COc2cc3c(cc2OC)C(=O)N2c4ccccc4C[C@H]2CN3C)c1)S(=O)(=O)OC. The van der Waals surface area contributed by atoms with E-state index in [1.807, 2.05) is 98.3 Å². The predicted molar refractivity (Wildman–Crippen MR) is 304 cm³/mol. The van der Waals surface area contributed by atoms with E-state index in [1.165, 1.54) is 28.7 Å². The molecule has 0 saturated carbocycles. The third-order valence-corrected chi connectivity index (χ3v) is 19.4. The number of ketones is 1. The summed E-state index contributed by atoms with van der Waals surface area (Å²) < 4.78 is 54.3.